The minimum atomic E-state index is -1.18. The van der Waals surface area contributed by atoms with Crippen molar-refractivity contribution < 1.29 is 33.4 Å². The van der Waals surface area contributed by atoms with Gasteiger partial charge in [-0.05, 0) is 61.6 Å². The van der Waals surface area contributed by atoms with Crippen LogP contribution in [0.25, 0.3) is 11.1 Å². The summed E-state index contributed by atoms with van der Waals surface area (Å²) in [6, 6.07) is 17.9. The summed E-state index contributed by atoms with van der Waals surface area (Å²) in [4.78, 5) is 38.1. The third kappa shape index (κ3) is 6.93. The summed E-state index contributed by atoms with van der Waals surface area (Å²) >= 11 is 0. The zero-order valence-corrected chi connectivity index (χ0v) is 22.0. The number of benzene rings is 3. The van der Waals surface area contributed by atoms with Crippen molar-refractivity contribution in [2.75, 3.05) is 11.9 Å². The molecule has 0 fully saturated rings. The van der Waals surface area contributed by atoms with Crippen LogP contribution in [0.3, 0.4) is 0 Å². The number of carbonyl (C=O) groups is 3. The van der Waals surface area contributed by atoms with E-state index < -0.39 is 35.4 Å². The summed E-state index contributed by atoms with van der Waals surface area (Å²) in [5, 5.41) is 14.4. The van der Waals surface area contributed by atoms with Gasteiger partial charge in [-0.15, -0.1) is 0 Å². The van der Waals surface area contributed by atoms with Crippen molar-refractivity contribution in [1.29, 1.82) is 0 Å². The molecule has 0 aliphatic heterocycles. The normalized spacial score (nSPS) is 13.1. The standard InChI is InChI=1S/C30H31FN2O6/c1-30(2,3)39-28(36)25(14-15-27(35)32-26-16-18(34)12-13-24(26)31)33-29(37)38-17-23-21-10-6-4-8-19(21)20-9-5-7-11-22(20)23/h4-13,16,23,25,34H,14-15,17H2,1-3H3,(H,32,35)(H,33,37)/t25-/m0/s1. The molecule has 204 valence electrons. The molecule has 3 N–H and O–H groups in total. The summed E-state index contributed by atoms with van der Waals surface area (Å²) in [6.45, 7) is 5.12. The van der Waals surface area contributed by atoms with E-state index in [-0.39, 0.29) is 36.8 Å². The van der Waals surface area contributed by atoms with Gasteiger partial charge < -0.3 is 25.2 Å². The molecular weight excluding hydrogens is 503 g/mol. The van der Waals surface area contributed by atoms with Crippen LogP contribution in [-0.2, 0) is 19.1 Å². The molecule has 0 spiro atoms. The van der Waals surface area contributed by atoms with Crippen LogP contribution in [-0.4, -0.2) is 41.3 Å². The quantitative estimate of drug-likeness (QED) is 0.329. The van der Waals surface area contributed by atoms with Gasteiger partial charge in [0.1, 0.15) is 29.8 Å². The number of halogens is 1. The van der Waals surface area contributed by atoms with Crippen molar-refractivity contribution in [2.45, 2.75) is 51.2 Å². The number of alkyl carbamates (subject to hydrolysis) is 1. The average molecular weight is 535 g/mol. The molecule has 3 aromatic carbocycles. The van der Waals surface area contributed by atoms with Crippen LogP contribution in [0.4, 0.5) is 14.9 Å². The second-order valence-electron chi connectivity index (χ2n) is 10.3. The van der Waals surface area contributed by atoms with Gasteiger partial charge in [0.2, 0.25) is 5.91 Å². The van der Waals surface area contributed by atoms with E-state index in [0.29, 0.717) is 0 Å². The van der Waals surface area contributed by atoms with Gasteiger partial charge in [-0.1, -0.05) is 48.5 Å². The molecule has 1 aliphatic carbocycles. The maximum Gasteiger partial charge on any atom is 0.407 e. The fraction of sp³-hybridized carbons (Fsp3) is 0.300. The van der Waals surface area contributed by atoms with Gasteiger partial charge >= 0.3 is 12.1 Å². The Hall–Kier alpha value is -4.40. The molecule has 0 unspecified atom stereocenters. The van der Waals surface area contributed by atoms with Crippen LogP contribution in [0.2, 0.25) is 0 Å². The maximum absolute atomic E-state index is 13.9. The van der Waals surface area contributed by atoms with Crippen LogP contribution in [0.1, 0.15) is 50.7 Å². The first-order valence-electron chi connectivity index (χ1n) is 12.6. The Morgan fingerprint density at radius 2 is 1.59 bits per heavy atom. The molecule has 0 bridgehead atoms. The van der Waals surface area contributed by atoms with E-state index in [1.807, 2.05) is 48.5 Å². The number of ether oxygens (including phenoxy) is 2. The lowest BCUT2D eigenvalue weighted by Gasteiger charge is -2.24. The van der Waals surface area contributed by atoms with Gasteiger partial charge in [0.25, 0.3) is 0 Å². The maximum atomic E-state index is 13.9. The first-order chi connectivity index (χ1) is 18.5. The second kappa shape index (κ2) is 11.6. The number of anilines is 1. The van der Waals surface area contributed by atoms with Crippen molar-refractivity contribution >= 4 is 23.7 Å². The van der Waals surface area contributed by atoms with E-state index in [1.165, 1.54) is 0 Å². The predicted octanol–water partition coefficient (Wildman–Crippen LogP) is 5.50. The molecule has 9 heteroatoms. The monoisotopic (exact) mass is 534 g/mol. The van der Waals surface area contributed by atoms with Gasteiger partial charge in [-0.25, -0.2) is 14.0 Å². The van der Waals surface area contributed by atoms with Crippen molar-refractivity contribution in [3.8, 4) is 16.9 Å². The minimum Gasteiger partial charge on any atom is -0.508 e. The third-order valence-corrected chi connectivity index (χ3v) is 6.21. The van der Waals surface area contributed by atoms with E-state index in [2.05, 4.69) is 10.6 Å². The summed E-state index contributed by atoms with van der Waals surface area (Å²) in [6.07, 6.45) is -1.18. The van der Waals surface area contributed by atoms with E-state index in [4.69, 9.17) is 9.47 Å². The summed E-state index contributed by atoms with van der Waals surface area (Å²) in [5.41, 5.74) is 3.24. The van der Waals surface area contributed by atoms with Gasteiger partial charge in [0.05, 0.1) is 5.69 Å². The van der Waals surface area contributed by atoms with Crippen molar-refractivity contribution in [1.82, 2.24) is 5.32 Å². The molecule has 0 aromatic heterocycles. The highest BCUT2D eigenvalue weighted by Crippen LogP contribution is 2.44. The molecule has 0 saturated carbocycles. The number of hydrogen-bond acceptors (Lipinski definition) is 6. The number of hydrogen-bond donors (Lipinski definition) is 3. The summed E-state index contributed by atoms with van der Waals surface area (Å²) in [7, 11) is 0. The van der Waals surface area contributed by atoms with Crippen molar-refractivity contribution in [3.05, 3.63) is 83.7 Å². The number of phenolic OH excluding ortho intramolecular Hbond substituents is 1. The Bertz CT molecular complexity index is 1340. The van der Waals surface area contributed by atoms with Gasteiger partial charge in [-0.2, -0.15) is 0 Å². The molecule has 0 heterocycles. The Kier molecular flexibility index (Phi) is 8.18. The zero-order chi connectivity index (χ0) is 28.2. The van der Waals surface area contributed by atoms with Crippen LogP contribution >= 0.6 is 0 Å². The van der Waals surface area contributed by atoms with E-state index in [9.17, 15) is 23.9 Å². The first-order valence-corrected chi connectivity index (χ1v) is 12.6. The van der Waals surface area contributed by atoms with Crippen LogP contribution < -0.4 is 10.6 Å². The number of phenols is 1. The van der Waals surface area contributed by atoms with Crippen molar-refractivity contribution in [2.24, 2.45) is 0 Å². The first kappa shape index (κ1) is 27.6. The van der Waals surface area contributed by atoms with Crippen LogP contribution in [0.15, 0.2) is 66.7 Å². The lowest BCUT2D eigenvalue weighted by atomic mass is 9.98. The number of carbonyl (C=O) groups excluding carboxylic acids is 3. The number of fused-ring (bicyclic) bond motifs is 3. The van der Waals surface area contributed by atoms with Crippen LogP contribution in [0, 0.1) is 5.82 Å². The fourth-order valence-electron chi connectivity index (χ4n) is 4.50. The van der Waals surface area contributed by atoms with Crippen molar-refractivity contribution in [3.63, 3.8) is 0 Å². The fourth-order valence-corrected chi connectivity index (χ4v) is 4.50. The zero-order valence-electron chi connectivity index (χ0n) is 22.0. The summed E-state index contributed by atoms with van der Waals surface area (Å²) in [5.74, 6) is -2.43. The summed E-state index contributed by atoms with van der Waals surface area (Å²) < 4.78 is 24.9. The third-order valence-electron chi connectivity index (χ3n) is 6.21. The molecular formula is C30H31FN2O6. The highest BCUT2D eigenvalue weighted by molar-refractivity contribution is 5.92. The number of nitrogens with one attached hydrogen (secondary N) is 2. The van der Waals surface area contributed by atoms with Gasteiger partial charge in [-0.3, -0.25) is 4.79 Å². The number of aromatic hydroxyl groups is 1. The Labute approximate surface area is 226 Å². The number of esters is 1. The van der Waals surface area contributed by atoms with Gasteiger partial charge in [0.15, 0.2) is 0 Å². The van der Waals surface area contributed by atoms with Gasteiger partial charge in [0, 0.05) is 18.4 Å². The lowest BCUT2D eigenvalue weighted by molar-refractivity contribution is -0.157. The Morgan fingerprint density at radius 3 is 2.21 bits per heavy atom. The highest BCUT2D eigenvalue weighted by Gasteiger charge is 2.31. The van der Waals surface area contributed by atoms with E-state index in [1.54, 1.807) is 20.8 Å². The highest BCUT2D eigenvalue weighted by atomic mass is 19.1. The van der Waals surface area contributed by atoms with E-state index in [0.717, 1.165) is 40.5 Å². The molecule has 1 aliphatic rings. The molecule has 0 radical (unpaired) electrons. The number of rotatable bonds is 8. The SMILES string of the molecule is CC(C)(C)OC(=O)[C@H](CCC(=O)Nc1cc(O)ccc1F)NC(=O)OCC1c2ccccc2-c2ccccc21. The largest absolute Gasteiger partial charge is 0.508 e. The molecule has 1 atom stereocenters. The van der Waals surface area contributed by atoms with E-state index >= 15 is 0 Å². The number of amides is 2. The molecule has 0 saturated heterocycles. The molecule has 2 amide bonds. The Morgan fingerprint density at radius 1 is 0.974 bits per heavy atom. The molecule has 8 nitrogen and oxygen atoms in total. The topological polar surface area (TPSA) is 114 Å². The average Bonchev–Trinajstić information content (AvgIpc) is 3.20. The smallest absolute Gasteiger partial charge is 0.407 e. The second-order valence-corrected chi connectivity index (χ2v) is 10.3. The Balaban J connectivity index is 1.40. The molecule has 4 rings (SSSR count). The molecule has 3 aromatic rings. The molecule has 39 heavy (non-hydrogen) atoms. The van der Waals surface area contributed by atoms with Crippen LogP contribution in [0.5, 0.6) is 5.75 Å². The lowest BCUT2D eigenvalue weighted by Crippen LogP contribution is -2.45. The minimum absolute atomic E-state index is 0.0537. The predicted molar refractivity (Wildman–Crippen MR) is 144 cm³/mol.